The lowest BCUT2D eigenvalue weighted by atomic mass is 10.0. The third-order valence-electron chi connectivity index (χ3n) is 4.86. The molecule has 0 bridgehead atoms. The number of hydrogen-bond donors (Lipinski definition) is 1. The van der Waals surface area contributed by atoms with Crippen LogP contribution in [0, 0.1) is 20.5 Å². The molecule has 1 N–H and O–H groups in total. The van der Waals surface area contributed by atoms with Crippen molar-refractivity contribution < 1.29 is 24.1 Å². The summed E-state index contributed by atoms with van der Waals surface area (Å²) in [6, 6.07) is 8.36. The van der Waals surface area contributed by atoms with E-state index < -0.39 is 9.57 Å². The number of methoxy groups -OCH3 is 2. The lowest BCUT2D eigenvalue weighted by molar-refractivity contribution is -0.846. The Morgan fingerprint density at radius 1 is 1.17 bits per heavy atom. The Hall–Kier alpha value is -3.05. The van der Waals surface area contributed by atoms with E-state index in [4.69, 9.17) is 9.47 Å². The van der Waals surface area contributed by atoms with Gasteiger partial charge in [-0.25, -0.2) is 4.98 Å². The average Bonchev–Trinajstić information content (AvgIpc) is 2.69. The van der Waals surface area contributed by atoms with Gasteiger partial charge in [-0.3, -0.25) is 10.1 Å². The summed E-state index contributed by atoms with van der Waals surface area (Å²) >= 11 is 0. The van der Waals surface area contributed by atoms with Crippen LogP contribution in [0.1, 0.15) is 6.42 Å². The molecule has 0 aliphatic carbocycles. The Morgan fingerprint density at radius 2 is 1.83 bits per heavy atom. The van der Waals surface area contributed by atoms with Crippen LogP contribution >= 0.6 is 0 Å². The Bertz CT molecular complexity index is 1100. The van der Waals surface area contributed by atoms with Gasteiger partial charge in [-0.1, -0.05) is 12.1 Å². The van der Waals surface area contributed by atoms with E-state index in [1.165, 1.54) is 34.4 Å². The molecule has 0 fully saturated rings. The summed E-state index contributed by atoms with van der Waals surface area (Å²) in [7, 11) is 5.75. The Balaban J connectivity index is 2.34. The molecule has 10 nitrogen and oxygen atoms in total. The van der Waals surface area contributed by atoms with Crippen molar-refractivity contribution in [3.05, 3.63) is 50.9 Å². The molecule has 30 heavy (non-hydrogen) atoms. The van der Waals surface area contributed by atoms with Crippen LogP contribution < -0.4 is 14.5 Å². The van der Waals surface area contributed by atoms with E-state index in [0.717, 1.165) is 0 Å². The first-order chi connectivity index (χ1) is 14.2. The SMILES string of the molecule is COc1cc(OC)c2nc3ccccc3c([NH+]([O-])CCC[N+](C)(C)[O-])c2c1[N+](=O)[O-]. The molecule has 3 aromatic rings. The van der Waals surface area contributed by atoms with Gasteiger partial charge in [0, 0.05) is 12.5 Å². The monoisotopic (exact) mass is 416 g/mol. The van der Waals surface area contributed by atoms with Crippen molar-refractivity contribution in [1.82, 2.24) is 4.98 Å². The minimum absolute atomic E-state index is 0.0205. The molecule has 0 saturated carbocycles. The van der Waals surface area contributed by atoms with Crippen molar-refractivity contribution >= 4 is 33.2 Å². The van der Waals surface area contributed by atoms with Crippen molar-refractivity contribution in [2.45, 2.75) is 6.42 Å². The zero-order valence-corrected chi connectivity index (χ0v) is 17.3. The number of nitro benzene ring substituents is 1. The zero-order chi connectivity index (χ0) is 22.1. The first-order valence-corrected chi connectivity index (χ1v) is 9.37. The van der Waals surface area contributed by atoms with Crippen LogP contribution in [-0.2, 0) is 0 Å². The smallest absolute Gasteiger partial charge is 0.326 e. The molecule has 1 aromatic heterocycles. The fourth-order valence-corrected chi connectivity index (χ4v) is 3.53. The average molecular weight is 416 g/mol. The quantitative estimate of drug-likeness (QED) is 0.258. The summed E-state index contributed by atoms with van der Waals surface area (Å²) < 4.78 is 10.1. The number of nitrogens with one attached hydrogen (secondary N) is 1. The zero-order valence-electron chi connectivity index (χ0n) is 17.3. The molecule has 10 heteroatoms. The number of quaternary nitrogens is 2. The van der Waals surface area contributed by atoms with E-state index in [1.54, 1.807) is 24.3 Å². The summed E-state index contributed by atoms with van der Waals surface area (Å²) in [5, 5.41) is 37.4. The Morgan fingerprint density at radius 3 is 2.43 bits per heavy atom. The number of rotatable bonds is 8. The van der Waals surface area contributed by atoms with E-state index in [1.807, 2.05) is 0 Å². The van der Waals surface area contributed by atoms with Crippen LogP contribution in [0.4, 0.5) is 11.4 Å². The molecular formula is C20H24N4O6. The van der Waals surface area contributed by atoms with Crippen LogP contribution in [0.3, 0.4) is 0 Å². The maximum Gasteiger partial charge on any atom is 0.326 e. The van der Waals surface area contributed by atoms with Crippen LogP contribution in [0.15, 0.2) is 30.3 Å². The predicted molar refractivity (Wildman–Crippen MR) is 113 cm³/mol. The number of para-hydroxylation sites is 1. The number of aromatic nitrogens is 1. The summed E-state index contributed by atoms with van der Waals surface area (Å²) in [6.45, 7) is 0.325. The molecule has 0 radical (unpaired) electrons. The highest BCUT2D eigenvalue weighted by atomic mass is 16.6. The number of pyridine rings is 1. The van der Waals surface area contributed by atoms with Crippen molar-refractivity contribution in [3.63, 3.8) is 0 Å². The Labute approximate surface area is 173 Å². The van der Waals surface area contributed by atoms with Crippen molar-refractivity contribution in [2.75, 3.05) is 41.4 Å². The van der Waals surface area contributed by atoms with Crippen LogP contribution in [-0.4, -0.2) is 56.0 Å². The highest BCUT2D eigenvalue weighted by molar-refractivity contribution is 6.11. The van der Waals surface area contributed by atoms with Gasteiger partial charge >= 0.3 is 5.69 Å². The molecule has 0 spiro atoms. The van der Waals surface area contributed by atoms with Crippen molar-refractivity contribution in [2.24, 2.45) is 0 Å². The van der Waals surface area contributed by atoms with Gasteiger partial charge in [0.25, 0.3) is 0 Å². The number of nitro groups is 1. The maximum atomic E-state index is 13.3. The van der Waals surface area contributed by atoms with Gasteiger partial charge in [0.1, 0.15) is 16.7 Å². The number of ether oxygens (including phenoxy) is 2. The third kappa shape index (κ3) is 4.12. The largest absolute Gasteiger partial charge is 0.633 e. The summed E-state index contributed by atoms with van der Waals surface area (Å²) in [6.07, 6.45) is 0.350. The number of benzene rings is 2. The standard InChI is InChI=1S/C20H24N4O6/c1-24(2,28)11-7-10-22(25)19-13-8-5-6-9-14(13)21-18-15(29-3)12-16(30-4)20(17(18)19)23(26)27/h5-6,8-9,12,22H,7,10-11H2,1-4H3. The van der Waals surface area contributed by atoms with Crippen molar-refractivity contribution in [3.8, 4) is 11.5 Å². The van der Waals surface area contributed by atoms with Gasteiger partial charge in [-0.2, -0.15) is 0 Å². The molecular weight excluding hydrogens is 392 g/mol. The minimum Gasteiger partial charge on any atom is -0.633 e. The summed E-state index contributed by atoms with van der Waals surface area (Å²) in [5.41, 5.74) is 0.587. The first kappa shape index (κ1) is 21.7. The van der Waals surface area contributed by atoms with Crippen LogP contribution in [0.2, 0.25) is 0 Å². The highest BCUT2D eigenvalue weighted by Gasteiger charge is 2.30. The molecule has 0 aliphatic rings. The molecule has 2 aromatic carbocycles. The predicted octanol–water partition coefficient (Wildman–Crippen LogP) is 2.29. The van der Waals surface area contributed by atoms with Crippen LogP contribution in [0.25, 0.3) is 21.8 Å². The van der Waals surface area contributed by atoms with Gasteiger partial charge in [-0.15, -0.1) is 0 Å². The van der Waals surface area contributed by atoms with Gasteiger partial charge in [-0.05, 0) is 12.1 Å². The fraction of sp³-hybridized carbons (Fsp3) is 0.350. The van der Waals surface area contributed by atoms with Gasteiger partial charge in [0.05, 0.1) is 57.2 Å². The van der Waals surface area contributed by atoms with E-state index in [0.29, 0.717) is 17.3 Å². The second kappa shape index (κ2) is 8.36. The van der Waals surface area contributed by atoms with E-state index >= 15 is 0 Å². The van der Waals surface area contributed by atoms with Gasteiger partial charge in [0.15, 0.2) is 5.69 Å². The number of nitrogens with zero attached hydrogens (tertiary/aromatic N) is 3. The van der Waals surface area contributed by atoms with E-state index in [2.05, 4.69) is 4.98 Å². The normalized spacial score (nSPS) is 12.9. The Kier molecular flexibility index (Phi) is 6.04. The van der Waals surface area contributed by atoms with Crippen molar-refractivity contribution in [1.29, 1.82) is 0 Å². The topological polar surface area (TPSA) is 125 Å². The summed E-state index contributed by atoms with van der Waals surface area (Å²) in [4.78, 5) is 15.9. The number of fused-ring (bicyclic) bond motifs is 2. The van der Waals surface area contributed by atoms with Crippen LogP contribution in [0.5, 0.6) is 11.5 Å². The second-order valence-corrected chi connectivity index (χ2v) is 7.44. The third-order valence-corrected chi connectivity index (χ3v) is 4.86. The van der Waals surface area contributed by atoms with E-state index in [-0.39, 0.29) is 51.9 Å². The first-order valence-electron chi connectivity index (χ1n) is 9.37. The molecule has 160 valence electrons. The molecule has 0 saturated heterocycles. The molecule has 1 unspecified atom stereocenters. The highest BCUT2D eigenvalue weighted by Crippen LogP contribution is 2.44. The molecule has 3 rings (SSSR count). The minimum atomic E-state index is -0.578. The molecule has 1 heterocycles. The summed E-state index contributed by atoms with van der Waals surface area (Å²) in [5.74, 6) is 0.248. The lowest BCUT2D eigenvalue weighted by Crippen LogP contribution is -3.02. The fourth-order valence-electron chi connectivity index (χ4n) is 3.53. The number of hydroxylamine groups is 4. The molecule has 0 amide bonds. The van der Waals surface area contributed by atoms with Gasteiger partial charge < -0.3 is 29.6 Å². The number of hydrogen-bond acceptors (Lipinski definition) is 7. The molecule has 1 atom stereocenters. The second-order valence-electron chi connectivity index (χ2n) is 7.44. The molecule has 0 aliphatic heterocycles. The lowest BCUT2D eigenvalue weighted by Gasteiger charge is -2.34. The van der Waals surface area contributed by atoms with Gasteiger partial charge in [0.2, 0.25) is 5.75 Å². The van der Waals surface area contributed by atoms with E-state index in [9.17, 15) is 20.5 Å². The maximum absolute atomic E-state index is 13.3.